The van der Waals surface area contributed by atoms with Crippen LogP contribution >= 0.6 is 15.9 Å². The molecule has 0 radical (unpaired) electrons. The van der Waals surface area contributed by atoms with E-state index in [9.17, 15) is 9.59 Å². The van der Waals surface area contributed by atoms with Crippen molar-refractivity contribution in [2.45, 2.75) is 6.92 Å². The molecule has 1 heterocycles. The molecular weight excluding hydrogens is 368 g/mol. The van der Waals surface area contributed by atoms with Gasteiger partial charge in [-0.3, -0.25) is 9.59 Å². The Hall–Kier alpha value is -2.48. The van der Waals surface area contributed by atoms with Crippen LogP contribution in [0.5, 0.6) is 11.5 Å². The maximum atomic E-state index is 12.2. The van der Waals surface area contributed by atoms with Gasteiger partial charge in [0.25, 0.3) is 5.91 Å². The fraction of sp³-hybridized carbons (Fsp3) is 0.200. The first-order chi connectivity index (χ1) is 10.9. The Labute approximate surface area is 141 Å². The van der Waals surface area contributed by atoms with Crippen LogP contribution in [0.2, 0.25) is 0 Å². The number of ether oxygens (including phenoxy) is 2. The molecule has 2 rings (SSSR count). The smallest absolute Gasteiger partial charge is 0.291 e. The fourth-order valence-corrected chi connectivity index (χ4v) is 2.21. The first kappa shape index (κ1) is 16.9. The molecule has 122 valence electrons. The Balaban J connectivity index is 2.33. The average Bonchev–Trinajstić information content (AvgIpc) is 2.94. The Morgan fingerprint density at radius 1 is 1.04 bits per heavy atom. The number of nitrogens with one attached hydrogen (secondary N) is 2. The number of hydrogen-bond acceptors (Lipinski definition) is 5. The van der Waals surface area contributed by atoms with E-state index in [0.717, 1.165) is 0 Å². The summed E-state index contributed by atoms with van der Waals surface area (Å²) >= 11 is 3.14. The van der Waals surface area contributed by atoms with Gasteiger partial charge in [-0.2, -0.15) is 0 Å². The Morgan fingerprint density at radius 3 is 2.04 bits per heavy atom. The van der Waals surface area contributed by atoms with Crippen LogP contribution in [-0.4, -0.2) is 26.0 Å². The number of furan rings is 1. The number of hydrogen-bond donors (Lipinski definition) is 2. The molecule has 2 amide bonds. The van der Waals surface area contributed by atoms with Crippen molar-refractivity contribution in [1.29, 1.82) is 0 Å². The van der Waals surface area contributed by atoms with Gasteiger partial charge in [-0.15, -0.1) is 0 Å². The molecule has 0 aliphatic rings. The van der Waals surface area contributed by atoms with E-state index in [0.29, 0.717) is 27.5 Å². The summed E-state index contributed by atoms with van der Waals surface area (Å²) in [5.41, 5.74) is 0.826. The third-order valence-corrected chi connectivity index (χ3v) is 3.30. The van der Waals surface area contributed by atoms with Gasteiger partial charge >= 0.3 is 0 Å². The number of carbonyl (C=O) groups is 2. The molecular formula is C15H15BrN2O5. The summed E-state index contributed by atoms with van der Waals surface area (Å²) in [6.45, 7) is 1.39. The molecule has 7 nitrogen and oxygen atoms in total. The van der Waals surface area contributed by atoms with Gasteiger partial charge in [-0.1, -0.05) is 0 Å². The van der Waals surface area contributed by atoms with Crippen LogP contribution < -0.4 is 20.1 Å². The van der Waals surface area contributed by atoms with Gasteiger partial charge in [0, 0.05) is 19.1 Å². The van der Waals surface area contributed by atoms with Gasteiger partial charge in [-0.05, 0) is 28.1 Å². The van der Waals surface area contributed by atoms with Gasteiger partial charge in [0.05, 0.1) is 25.6 Å². The second kappa shape index (κ2) is 7.19. The van der Waals surface area contributed by atoms with Crippen molar-refractivity contribution >= 4 is 39.1 Å². The van der Waals surface area contributed by atoms with Crippen molar-refractivity contribution in [3.63, 3.8) is 0 Å². The van der Waals surface area contributed by atoms with Crippen LogP contribution in [0, 0.1) is 0 Å². The van der Waals surface area contributed by atoms with Gasteiger partial charge in [0.15, 0.2) is 10.4 Å². The van der Waals surface area contributed by atoms with Crippen molar-refractivity contribution in [3.05, 3.63) is 34.7 Å². The molecule has 8 heteroatoms. The lowest BCUT2D eigenvalue weighted by atomic mass is 10.2. The van der Waals surface area contributed by atoms with Crippen LogP contribution in [0.1, 0.15) is 17.5 Å². The first-order valence-electron chi connectivity index (χ1n) is 6.55. The van der Waals surface area contributed by atoms with E-state index in [4.69, 9.17) is 13.9 Å². The second-order valence-electron chi connectivity index (χ2n) is 4.49. The topological polar surface area (TPSA) is 89.8 Å². The molecule has 0 saturated carbocycles. The highest BCUT2D eigenvalue weighted by Gasteiger charge is 2.17. The Kier molecular flexibility index (Phi) is 5.28. The molecule has 0 aliphatic carbocycles. The number of halogens is 1. The maximum absolute atomic E-state index is 12.2. The van der Waals surface area contributed by atoms with E-state index in [1.54, 1.807) is 18.2 Å². The van der Waals surface area contributed by atoms with Crippen LogP contribution in [-0.2, 0) is 4.79 Å². The molecule has 23 heavy (non-hydrogen) atoms. The molecule has 1 aromatic carbocycles. The molecule has 0 spiro atoms. The summed E-state index contributed by atoms with van der Waals surface area (Å²) in [4.78, 5) is 23.4. The molecule has 0 aliphatic heterocycles. The quantitative estimate of drug-likeness (QED) is 0.827. The van der Waals surface area contributed by atoms with Gasteiger partial charge in [-0.25, -0.2) is 0 Å². The van der Waals surface area contributed by atoms with Crippen molar-refractivity contribution < 1.29 is 23.5 Å². The zero-order chi connectivity index (χ0) is 17.0. The Bertz CT molecular complexity index is 741. The number of rotatable bonds is 5. The molecule has 0 atom stereocenters. The molecule has 0 bridgehead atoms. The summed E-state index contributed by atoms with van der Waals surface area (Å²) in [5, 5.41) is 5.31. The number of methoxy groups -OCH3 is 2. The minimum absolute atomic E-state index is 0.142. The van der Waals surface area contributed by atoms with Crippen molar-refractivity contribution in [2.24, 2.45) is 0 Å². The maximum Gasteiger partial charge on any atom is 0.291 e. The number of benzene rings is 1. The highest BCUT2D eigenvalue weighted by Crippen LogP contribution is 2.36. The van der Waals surface area contributed by atoms with Crippen LogP contribution in [0.15, 0.2) is 33.4 Å². The van der Waals surface area contributed by atoms with Gasteiger partial charge in [0.2, 0.25) is 5.91 Å². The molecule has 0 fully saturated rings. The van der Waals surface area contributed by atoms with E-state index in [1.807, 2.05) is 0 Å². The number of anilines is 2. The minimum Gasteiger partial charge on any atom is -0.494 e. The normalized spacial score (nSPS) is 10.1. The third-order valence-electron chi connectivity index (χ3n) is 2.88. The molecule has 2 aromatic rings. The van der Waals surface area contributed by atoms with Crippen LogP contribution in [0.3, 0.4) is 0 Å². The second-order valence-corrected chi connectivity index (χ2v) is 5.27. The summed E-state index contributed by atoms with van der Waals surface area (Å²) in [5.74, 6) is 0.209. The average molecular weight is 383 g/mol. The first-order valence-corrected chi connectivity index (χ1v) is 7.34. The zero-order valence-corrected chi connectivity index (χ0v) is 14.3. The minimum atomic E-state index is -0.441. The molecule has 0 saturated heterocycles. The Morgan fingerprint density at radius 2 is 1.61 bits per heavy atom. The number of amides is 2. The summed E-state index contributed by atoms with van der Waals surface area (Å²) in [6.07, 6.45) is 0. The van der Waals surface area contributed by atoms with Gasteiger partial charge < -0.3 is 24.5 Å². The predicted molar refractivity (Wildman–Crippen MR) is 88.2 cm³/mol. The van der Waals surface area contributed by atoms with Crippen LogP contribution in [0.4, 0.5) is 11.4 Å². The van der Waals surface area contributed by atoms with Crippen molar-refractivity contribution in [3.8, 4) is 11.5 Å². The number of carbonyl (C=O) groups excluding carboxylic acids is 2. The monoisotopic (exact) mass is 382 g/mol. The zero-order valence-electron chi connectivity index (χ0n) is 12.7. The highest BCUT2D eigenvalue weighted by atomic mass is 79.9. The lowest BCUT2D eigenvalue weighted by molar-refractivity contribution is -0.114. The molecule has 0 unspecified atom stereocenters. The van der Waals surface area contributed by atoms with Crippen molar-refractivity contribution in [1.82, 2.24) is 0 Å². The van der Waals surface area contributed by atoms with Crippen molar-refractivity contribution in [2.75, 3.05) is 24.9 Å². The SMILES string of the molecule is COc1cc(NC(=O)c2ccc(Br)o2)c(OC)cc1NC(C)=O. The largest absolute Gasteiger partial charge is 0.494 e. The summed E-state index contributed by atoms with van der Waals surface area (Å²) < 4.78 is 16.1. The van der Waals surface area contributed by atoms with Crippen LogP contribution in [0.25, 0.3) is 0 Å². The van der Waals surface area contributed by atoms with E-state index >= 15 is 0 Å². The van der Waals surface area contributed by atoms with E-state index < -0.39 is 5.91 Å². The lowest BCUT2D eigenvalue weighted by Crippen LogP contribution is -2.13. The lowest BCUT2D eigenvalue weighted by Gasteiger charge is -2.15. The van der Waals surface area contributed by atoms with E-state index in [1.165, 1.54) is 27.2 Å². The molecule has 1 aromatic heterocycles. The summed E-state index contributed by atoms with van der Waals surface area (Å²) in [6, 6.07) is 6.27. The third kappa shape index (κ3) is 4.04. The standard InChI is InChI=1S/C15H15BrN2O5/c1-8(19)17-9-6-13(22-3)10(7-12(9)21-2)18-15(20)11-4-5-14(16)23-11/h4-7H,1-3H3,(H,17,19)(H,18,20). The predicted octanol–water partition coefficient (Wildman–Crippen LogP) is 3.27. The highest BCUT2D eigenvalue weighted by molar-refractivity contribution is 9.10. The summed E-state index contributed by atoms with van der Waals surface area (Å²) in [7, 11) is 2.92. The van der Waals surface area contributed by atoms with Gasteiger partial charge in [0.1, 0.15) is 11.5 Å². The van der Waals surface area contributed by atoms with E-state index in [-0.39, 0.29) is 11.7 Å². The van der Waals surface area contributed by atoms with E-state index in [2.05, 4.69) is 26.6 Å². The molecule has 2 N–H and O–H groups in total. The fourth-order valence-electron chi connectivity index (χ4n) is 1.90.